The molecule has 1 nitrogen and oxygen atoms in total. The molecule has 0 aromatic heterocycles. The Bertz CT molecular complexity index is 40.7. The molecule has 3 heteroatoms. The van der Waals surface area contributed by atoms with E-state index in [-0.39, 0.29) is 11.2 Å². The van der Waals surface area contributed by atoms with Crippen molar-refractivity contribution in [1.29, 1.82) is 0 Å². The molecule has 0 heterocycles. The Morgan fingerprint density at radius 1 is 1.57 bits per heavy atom. The van der Waals surface area contributed by atoms with Gasteiger partial charge in [0.2, 0.25) is 0 Å². The lowest BCUT2D eigenvalue weighted by atomic mass is 10.9. The van der Waals surface area contributed by atoms with Crippen LogP contribution in [0.5, 0.6) is 0 Å². The molecule has 0 saturated heterocycles. The molecule has 0 saturated carbocycles. The Labute approximate surface area is 52.6 Å². The molecule has 0 aliphatic carbocycles. The van der Waals surface area contributed by atoms with Gasteiger partial charge in [-0.3, -0.25) is 0 Å². The van der Waals surface area contributed by atoms with E-state index in [9.17, 15) is 0 Å². The van der Waals surface area contributed by atoms with Crippen LogP contribution in [0.3, 0.4) is 0 Å². The van der Waals surface area contributed by atoms with E-state index in [1.807, 2.05) is 12.5 Å². The highest BCUT2D eigenvalue weighted by Gasteiger charge is 1.99. The standard InChI is InChI=1S/C4H10ClOS/c1-7(2)6-4-3-5/h3-4H2,1-2H3/q+1. The summed E-state index contributed by atoms with van der Waals surface area (Å²) in [4.78, 5) is 0. The maximum Gasteiger partial charge on any atom is 0.140 e. The van der Waals surface area contributed by atoms with Gasteiger partial charge >= 0.3 is 0 Å². The van der Waals surface area contributed by atoms with Crippen molar-refractivity contribution < 1.29 is 4.18 Å². The van der Waals surface area contributed by atoms with E-state index in [1.54, 1.807) is 0 Å². The summed E-state index contributed by atoms with van der Waals surface area (Å²) < 4.78 is 5.09. The minimum Gasteiger partial charge on any atom is -0.173 e. The Morgan fingerprint density at radius 3 is 2.29 bits per heavy atom. The summed E-state index contributed by atoms with van der Waals surface area (Å²) in [7, 11) is 0. The molecule has 0 aliphatic rings. The van der Waals surface area contributed by atoms with Crippen molar-refractivity contribution in [3.8, 4) is 0 Å². The van der Waals surface area contributed by atoms with Crippen molar-refractivity contribution in [3.05, 3.63) is 0 Å². The van der Waals surface area contributed by atoms with Crippen LogP contribution in [-0.4, -0.2) is 25.0 Å². The van der Waals surface area contributed by atoms with Crippen LogP contribution < -0.4 is 0 Å². The van der Waals surface area contributed by atoms with Gasteiger partial charge in [0.1, 0.15) is 30.3 Å². The van der Waals surface area contributed by atoms with Crippen LogP contribution in [0.1, 0.15) is 0 Å². The molecule has 0 bridgehead atoms. The summed E-state index contributed by atoms with van der Waals surface area (Å²) in [5, 5.41) is 0. The highest BCUT2D eigenvalue weighted by atomic mass is 35.5. The van der Waals surface area contributed by atoms with E-state index < -0.39 is 0 Å². The van der Waals surface area contributed by atoms with E-state index in [1.165, 1.54) is 0 Å². The van der Waals surface area contributed by atoms with Crippen molar-refractivity contribution in [1.82, 2.24) is 0 Å². The maximum absolute atomic E-state index is 5.33. The van der Waals surface area contributed by atoms with E-state index in [0.29, 0.717) is 12.5 Å². The van der Waals surface area contributed by atoms with Crippen LogP contribution in [0.2, 0.25) is 0 Å². The Morgan fingerprint density at radius 2 is 2.14 bits per heavy atom. The zero-order valence-electron chi connectivity index (χ0n) is 4.61. The molecule has 0 aliphatic heterocycles. The summed E-state index contributed by atoms with van der Waals surface area (Å²) in [6.07, 6.45) is 4.04. The van der Waals surface area contributed by atoms with Gasteiger partial charge in [-0.15, -0.1) is 11.6 Å². The minimum absolute atomic E-state index is 0.100. The van der Waals surface area contributed by atoms with Gasteiger partial charge < -0.3 is 0 Å². The van der Waals surface area contributed by atoms with Gasteiger partial charge in [-0.25, -0.2) is 0 Å². The van der Waals surface area contributed by atoms with Gasteiger partial charge in [0.25, 0.3) is 0 Å². The molecule has 0 unspecified atom stereocenters. The van der Waals surface area contributed by atoms with Gasteiger partial charge in [0.15, 0.2) is 0 Å². The highest BCUT2D eigenvalue weighted by Crippen LogP contribution is 1.86. The molecule has 7 heavy (non-hydrogen) atoms. The molecular weight excluding hydrogens is 132 g/mol. The van der Waals surface area contributed by atoms with Crippen molar-refractivity contribution in [2.45, 2.75) is 0 Å². The van der Waals surface area contributed by atoms with E-state index in [2.05, 4.69) is 0 Å². The number of alkyl halides is 1. The fourth-order valence-electron chi connectivity index (χ4n) is 0.198. The predicted molar refractivity (Wildman–Crippen MR) is 35.9 cm³/mol. The maximum atomic E-state index is 5.33. The molecule has 0 amide bonds. The molecule has 0 aromatic carbocycles. The average molecular weight is 142 g/mol. The molecule has 0 N–H and O–H groups in total. The van der Waals surface area contributed by atoms with E-state index >= 15 is 0 Å². The van der Waals surface area contributed by atoms with Gasteiger partial charge in [-0.2, -0.15) is 4.18 Å². The third-order valence-corrected chi connectivity index (χ3v) is 1.19. The molecule has 0 spiro atoms. The molecular formula is C4H10ClOS+. The molecule has 0 fully saturated rings. The molecule has 0 atom stereocenters. The summed E-state index contributed by atoms with van der Waals surface area (Å²) in [5.41, 5.74) is 0. The largest absolute Gasteiger partial charge is 0.173 e. The third-order valence-electron chi connectivity index (χ3n) is 0.396. The lowest BCUT2D eigenvalue weighted by Crippen LogP contribution is -2.03. The van der Waals surface area contributed by atoms with Crippen molar-refractivity contribution in [3.63, 3.8) is 0 Å². The van der Waals surface area contributed by atoms with E-state index in [4.69, 9.17) is 15.8 Å². The number of hydrogen-bond donors (Lipinski definition) is 0. The number of hydrogen-bond acceptors (Lipinski definition) is 1. The van der Waals surface area contributed by atoms with Crippen LogP contribution >= 0.6 is 11.6 Å². The third kappa shape index (κ3) is 6.60. The van der Waals surface area contributed by atoms with Crippen LogP contribution in [0.4, 0.5) is 0 Å². The van der Waals surface area contributed by atoms with Crippen LogP contribution in [0, 0.1) is 0 Å². The second-order valence-corrected chi connectivity index (χ2v) is 3.35. The molecule has 0 aromatic rings. The van der Waals surface area contributed by atoms with Gasteiger partial charge in [-0.1, -0.05) is 0 Å². The zero-order valence-corrected chi connectivity index (χ0v) is 6.18. The van der Waals surface area contributed by atoms with Crippen molar-refractivity contribution in [2.24, 2.45) is 0 Å². The summed E-state index contributed by atoms with van der Waals surface area (Å²) in [6, 6.07) is 0. The minimum atomic E-state index is 0.100. The van der Waals surface area contributed by atoms with Crippen molar-refractivity contribution in [2.75, 3.05) is 25.0 Å². The predicted octanol–water partition coefficient (Wildman–Crippen LogP) is 1.03. The lowest BCUT2D eigenvalue weighted by Gasteiger charge is -1.90. The van der Waals surface area contributed by atoms with Crippen LogP contribution in [-0.2, 0) is 15.4 Å². The summed E-state index contributed by atoms with van der Waals surface area (Å²) in [5.74, 6) is 0.602. The molecule has 44 valence electrons. The van der Waals surface area contributed by atoms with Crippen LogP contribution in [0.25, 0.3) is 0 Å². The first-order valence-corrected chi connectivity index (χ1v) is 4.54. The molecule has 0 radical (unpaired) electrons. The van der Waals surface area contributed by atoms with Gasteiger partial charge in [0, 0.05) is 0 Å². The van der Waals surface area contributed by atoms with E-state index in [0.717, 1.165) is 0 Å². The monoisotopic (exact) mass is 141 g/mol. The molecule has 0 rings (SSSR count). The smallest absolute Gasteiger partial charge is 0.140 e. The highest BCUT2D eigenvalue weighted by molar-refractivity contribution is 7.90. The Hall–Kier alpha value is 0.600. The van der Waals surface area contributed by atoms with Crippen molar-refractivity contribution >= 4 is 22.8 Å². The van der Waals surface area contributed by atoms with Gasteiger partial charge in [0.05, 0.1) is 5.88 Å². The fourth-order valence-corrected chi connectivity index (χ4v) is 0.783. The summed E-state index contributed by atoms with van der Waals surface area (Å²) in [6.45, 7) is 0.678. The Balaban J connectivity index is 2.68. The quantitative estimate of drug-likeness (QED) is 0.422. The second kappa shape index (κ2) is 4.75. The van der Waals surface area contributed by atoms with Crippen LogP contribution in [0.15, 0.2) is 0 Å². The Kier molecular flexibility index (Phi) is 5.16. The fraction of sp³-hybridized carbons (Fsp3) is 1.00. The average Bonchev–Trinajstić information content (AvgIpc) is 1.61. The topological polar surface area (TPSA) is 9.23 Å². The SMILES string of the molecule is C[S+](C)OCCCl. The number of rotatable bonds is 3. The zero-order chi connectivity index (χ0) is 5.70. The van der Waals surface area contributed by atoms with Gasteiger partial charge in [-0.05, 0) is 0 Å². The summed E-state index contributed by atoms with van der Waals surface area (Å²) >= 11 is 5.43. The first kappa shape index (κ1) is 7.60. The first-order valence-electron chi connectivity index (χ1n) is 2.04. The normalized spacial score (nSPS) is 10.3. The second-order valence-electron chi connectivity index (χ2n) is 1.25. The number of halogens is 1. The lowest BCUT2D eigenvalue weighted by molar-refractivity contribution is 0.395. The first-order chi connectivity index (χ1) is 3.27.